The van der Waals surface area contributed by atoms with Crippen molar-refractivity contribution in [1.29, 1.82) is 0 Å². The van der Waals surface area contributed by atoms with Crippen molar-refractivity contribution in [3.8, 4) is 0 Å². The van der Waals surface area contributed by atoms with Crippen LogP contribution in [-0.2, 0) is 13.0 Å². The molecular formula is C10H14N4S. The summed E-state index contributed by atoms with van der Waals surface area (Å²) >= 11 is 1.74. The van der Waals surface area contributed by atoms with Crippen molar-refractivity contribution in [3.05, 3.63) is 34.3 Å². The lowest BCUT2D eigenvalue weighted by molar-refractivity contribution is 0.687. The molecule has 0 saturated carbocycles. The smallest absolute Gasteiger partial charge is 0.0921 e. The quantitative estimate of drug-likeness (QED) is 0.754. The van der Waals surface area contributed by atoms with Crippen LogP contribution in [0.2, 0.25) is 0 Å². The number of rotatable bonds is 5. The fourth-order valence-corrected chi connectivity index (χ4v) is 2.11. The summed E-state index contributed by atoms with van der Waals surface area (Å²) in [6, 6.07) is 0. The number of aryl methyl sites for hydroxylation is 1. The van der Waals surface area contributed by atoms with E-state index in [1.165, 1.54) is 10.6 Å². The second-order valence-corrected chi connectivity index (χ2v) is 4.67. The van der Waals surface area contributed by atoms with Gasteiger partial charge >= 0.3 is 0 Å². The van der Waals surface area contributed by atoms with E-state index in [0.29, 0.717) is 0 Å². The number of aromatic nitrogens is 3. The molecule has 5 heteroatoms. The molecule has 0 saturated heterocycles. The Morgan fingerprint density at radius 2 is 2.40 bits per heavy atom. The monoisotopic (exact) mass is 222 g/mol. The van der Waals surface area contributed by atoms with Gasteiger partial charge in [0.05, 0.1) is 11.3 Å². The molecule has 15 heavy (non-hydrogen) atoms. The molecule has 0 aromatic carbocycles. The Morgan fingerprint density at radius 3 is 3.07 bits per heavy atom. The second kappa shape index (κ2) is 5.04. The highest BCUT2D eigenvalue weighted by molar-refractivity contribution is 7.11. The molecular weight excluding hydrogens is 208 g/mol. The molecule has 0 aliphatic carbocycles. The Hall–Kier alpha value is -1.20. The summed E-state index contributed by atoms with van der Waals surface area (Å²) in [6.45, 7) is 3.89. The number of H-pyrrole nitrogens is 1. The minimum Gasteiger partial charge on any atom is -0.348 e. The van der Waals surface area contributed by atoms with E-state index in [1.807, 2.05) is 19.3 Å². The normalized spacial score (nSPS) is 10.7. The minimum absolute atomic E-state index is 0.902. The van der Waals surface area contributed by atoms with Crippen LogP contribution in [0.5, 0.6) is 0 Å². The zero-order valence-electron chi connectivity index (χ0n) is 8.66. The zero-order chi connectivity index (χ0) is 10.5. The van der Waals surface area contributed by atoms with Crippen molar-refractivity contribution in [2.45, 2.75) is 19.9 Å². The van der Waals surface area contributed by atoms with Gasteiger partial charge in [-0.25, -0.2) is 9.97 Å². The summed E-state index contributed by atoms with van der Waals surface area (Å²) in [4.78, 5) is 12.5. The molecule has 0 amide bonds. The van der Waals surface area contributed by atoms with E-state index in [1.54, 1.807) is 17.7 Å². The van der Waals surface area contributed by atoms with E-state index in [0.717, 1.165) is 24.5 Å². The molecule has 4 nitrogen and oxygen atoms in total. The van der Waals surface area contributed by atoms with Crippen LogP contribution >= 0.6 is 11.3 Å². The van der Waals surface area contributed by atoms with Crippen LogP contribution in [0, 0.1) is 6.92 Å². The number of thiazole rings is 1. The molecule has 2 heterocycles. The van der Waals surface area contributed by atoms with Crippen molar-refractivity contribution < 1.29 is 0 Å². The molecule has 80 valence electrons. The molecule has 0 atom stereocenters. The SMILES string of the molecule is Cc1ncc(CNCCc2cnc[nH]2)s1. The first-order valence-electron chi connectivity index (χ1n) is 4.94. The number of imidazole rings is 1. The molecule has 0 radical (unpaired) electrons. The van der Waals surface area contributed by atoms with E-state index in [9.17, 15) is 0 Å². The van der Waals surface area contributed by atoms with Gasteiger partial charge in [0.15, 0.2) is 0 Å². The van der Waals surface area contributed by atoms with Crippen LogP contribution in [0.1, 0.15) is 15.6 Å². The van der Waals surface area contributed by atoms with Gasteiger partial charge in [-0.15, -0.1) is 11.3 Å². The van der Waals surface area contributed by atoms with Gasteiger partial charge in [-0.3, -0.25) is 0 Å². The lowest BCUT2D eigenvalue weighted by Gasteiger charge is -2.00. The second-order valence-electron chi connectivity index (χ2n) is 3.35. The predicted octanol–water partition coefficient (Wildman–Crippen LogP) is 1.51. The van der Waals surface area contributed by atoms with Crippen LogP contribution < -0.4 is 5.32 Å². The van der Waals surface area contributed by atoms with Crippen molar-refractivity contribution in [3.63, 3.8) is 0 Å². The average molecular weight is 222 g/mol. The number of aromatic amines is 1. The summed E-state index contributed by atoms with van der Waals surface area (Å²) in [7, 11) is 0. The fourth-order valence-electron chi connectivity index (χ4n) is 1.34. The van der Waals surface area contributed by atoms with Crippen molar-refractivity contribution in [2.75, 3.05) is 6.54 Å². The predicted molar refractivity (Wildman–Crippen MR) is 60.8 cm³/mol. The maximum Gasteiger partial charge on any atom is 0.0921 e. The fraction of sp³-hybridized carbons (Fsp3) is 0.400. The number of nitrogens with zero attached hydrogens (tertiary/aromatic N) is 2. The lowest BCUT2D eigenvalue weighted by atomic mass is 10.3. The molecule has 2 N–H and O–H groups in total. The molecule has 0 bridgehead atoms. The number of nitrogens with one attached hydrogen (secondary N) is 2. The summed E-state index contributed by atoms with van der Waals surface area (Å²) in [5.41, 5.74) is 1.17. The Kier molecular flexibility index (Phi) is 3.47. The Balaban J connectivity index is 1.67. The topological polar surface area (TPSA) is 53.6 Å². The van der Waals surface area contributed by atoms with Gasteiger partial charge in [0, 0.05) is 42.5 Å². The van der Waals surface area contributed by atoms with Crippen molar-refractivity contribution >= 4 is 11.3 Å². The van der Waals surface area contributed by atoms with E-state index in [2.05, 4.69) is 20.3 Å². The number of hydrogen-bond acceptors (Lipinski definition) is 4. The van der Waals surface area contributed by atoms with E-state index < -0.39 is 0 Å². The first-order chi connectivity index (χ1) is 7.34. The highest BCUT2D eigenvalue weighted by atomic mass is 32.1. The van der Waals surface area contributed by atoms with Gasteiger partial charge in [0.2, 0.25) is 0 Å². The van der Waals surface area contributed by atoms with Gasteiger partial charge in [-0.05, 0) is 6.92 Å². The van der Waals surface area contributed by atoms with Crippen LogP contribution in [0.15, 0.2) is 18.7 Å². The van der Waals surface area contributed by atoms with Gasteiger partial charge in [-0.1, -0.05) is 0 Å². The maximum absolute atomic E-state index is 4.21. The Morgan fingerprint density at radius 1 is 1.47 bits per heavy atom. The maximum atomic E-state index is 4.21. The molecule has 2 aromatic heterocycles. The Bertz CT molecular complexity index is 393. The van der Waals surface area contributed by atoms with Gasteiger partial charge in [0.1, 0.15) is 0 Å². The Labute approximate surface area is 92.8 Å². The minimum atomic E-state index is 0.902. The highest BCUT2D eigenvalue weighted by Gasteiger charge is 1.97. The molecule has 2 aromatic rings. The van der Waals surface area contributed by atoms with Crippen LogP contribution in [0.25, 0.3) is 0 Å². The van der Waals surface area contributed by atoms with E-state index >= 15 is 0 Å². The molecule has 0 fully saturated rings. The zero-order valence-corrected chi connectivity index (χ0v) is 9.47. The third-order valence-corrected chi connectivity index (χ3v) is 3.01. The molecule has 0 aliphatic rings. The molecule has 2 rings (SSSR count). The van der Waals surface area contributed by atoms with Crippen LogP contribution in [-0.4, -0.2) is 21.5 Å². The van der Waals surface area contributed by atoms with Gasteiger partial charge < -0.3 is 10.3 Å². The van der Waals surface area contributed by atoms with Gasteiger partial charge in [-0.2, -0.15) is 0 Å². The third kappa shape index (κ3) is 3.14. The summed E-state index contributed by atoms with van der Waals surface area (Å²) in [6.07, 6.45) is 6.49. The standard InChI is InChI=1S/C10H14N4S/c1-8-13-6-10(15-8)5-11-3-2-9-4-12-7-14-9/h4,6-7,11H,2-3,5H2,1H3,(H,12,14). The number of hydrogen-bond donors (Lipinski definition) is 2. The van der Waals surface area contributed by atoms with Gasteiger partial charge in [0.25, 0.3) is 0 Å². The highest BCUT2D eigenvalue weighted by Crippen LogP contribution is 2.10. The van der Waals surface area contributed by atoms with Crippen LogP contribution in [0.3, 0.4) is 0 Å². The van der Waals surface area contributed by atoms with E-state index in [-0.39, 0.29) is 0 Å². The summed E-state index contributed by atoms with van der Waals surface area (Å²) in [5, 5.41) is 4.50. The first kappa shape index (κ1) is 10.3. The third-order valence-electron chi connectivity index (χ3n) is 2.09. The largest absolute Gasteiger partial charge is 0.348 e. The lowest BCUT2D eigenvalue weighted by Crippen LogP contribution is -2.16. The molecule has 0 unspecified atom stereocenters. The van der Waals surface area contributed by atoms with Crippen molar-refractivity contribution in [2.24, 2.45) is 0 Å². The molecule has 0 aliphatic heterocycles. The van der Waals surface area contributed by atoms with Crippen molar-refractivity contribution in [1.82, 2.24) is 20.3 Å². The average Bonchev–Trinajstić information content (AvgIpc) is 2.84. The summed E-state index contributed by atoms with van der Waals surface area (Å²) in [5.74, 6) is 0. The van der Waals surface area contributed by atoms with Crippen LogP contribution in [0.4, 0.5) is 0 Å². The van der Waals surface area contributed by atoms with E-state index in [4.69, 9.17) is 0 Å². The summed E-state index contributed by atoms with van der Waals surface area (Å²) < 4.78 is 0. The molecule has 0 spiro atoms. The first-order valence-corrected chi connectivity index (χ1v) is 5.75.